The van der Waals surface area contributed by atoms with Gasteiger partial charge in [-0.15, -0.1) is 0 Å². The molecule has 0 spiro atoms. The molecule has 0 bridgehead atoms. The first-order valence-corrected chi connectivity index (χ1v) is 8.48. The molecular weight excluding hydrogens is 302 g/mol. The summed E-state index contributed by atoms with van der Waals surface area (Å²) in [5, 5.41) is 6.61. The number of H-pyrrole nitrogens is 1. The lowest BCUT2D eigenvalue weighted by Gasteiger charge is -2.09. The summed E-state index contributed by atoms with van der Waals surface area (Å²) in [6.07, 6.45) is 0.611. The molecule has 1 aromatic heterocycles. The highest BCUT2D eigenvalue weighted by Gasteiger charge is 2.21. The van der Waals surface area contributed by atoms with E-state index in [0.717, 1.165) is 16.9 Å². The lowest BCUT2D eigenvalue weighted by Crippen LogP contribution is -2.26. The van der Waals surface area contributed by atoms with E-state index in [1.165, 1.54) is 0 Å². The van der Waals surface area contributed by atoms with Crippen LogP contribution in [0.3, 0.4) is 0 Å². The number of hydrogen-bond acceptors (Lipinski definition) is 4. The van der Waals surface area contributed by atoms with Crippen molar-refractivity contribution in [1.29, 1.82) is 0 Å². The molecule has 1 aromatic carbocycles. The maximum Gasteiger partial charge on any atom is 0.244 e. The van der Waals surface area contributed by atoms with Crippen LogP contribution < -0.4 is 9.46 Å². The number of nitrogens with zero attached hydrogens (tertiary/aromatic N) is 1. The Kier molecular flexibility index (Phi) is 4.87. The molecule has 0 radical (unpaired) electrons. The first-order valence-electron chi connectivity index (χ1n) is 7.00. The molecule has 0 aliphatic carbocycles. The number of benzene rings is 1. The third-order valence-electron chi connectivity index (χ3n) is 3.49. The SMILES string of the molecule is COc1ccc(CCNS(=O)(=O)c2c(C)n[nH]c2C)cc1C. The van der Waals surface area contributed by atoms with Gasteiger partial charge in [-0.2, -0.15) is 5.10 Å². The molecule has 0 aliphatic rings. The molecule has 6 nitrogen and oxygen atoms in total. The third kappa shape index (κ3) is 3.48. The zero-order chi connectivity index (χ0) is 16.3. The van der Waals surface area contributed by atoms with Crippen molar-refractivity contribution in [2.45, 2.75) is 32.1 Å². The number of aromatic nitrogens is 2. The largest absolute Gasteiger partial charge is 0.496 e. The molecule has 0 saturated carbocycles. The van der Waals surface area contributed by atoms with Gasteiger partial charge in [0.2, 0.25) is 10.0 Å². The summed E-state index contributed by atoms with van der Waals surface area (Å²) in [5.74, 6) is 0.828. The molecule has 2 rings (SSSR count). The third-order valence-corrected chi connectivity index (χ3v) is 5.22. The first kappa shape index (κ1) is 16.5. The number of ether oxygens (including phenoxy) is 1. The van der Waals surface area contributed by atoms with E-state index in [0.29, 0.717) is 24.4 Å². The van der Waals surface area contributed by atoms with Crippen molar-refractivity contribution in [2.24, 2.45) is 0 Å². The lowest BCUT2D eigenvalue weighted by atomic mass is 10.1. The molecule has 22 heavy (non-hydrogen) atoms. The van der Waals surface area contributed by atoms with Crippen molar-refractivity contribution in [1.82, 2.24) is 14.9 Å². The maximum absolute atomic E-state index is 12.3. The van der Waals surface area contributed by atoms with Gasteiger partial charge in [0.05, 0.1) is 18.5 Å². The molecule has 120 valence electrons. The van der Waals surface area contributed by atoms with Crippen LogP contribution in [0.5, 0.6) is 5.75 Å². The van der Waals surface area contributed by atoms with E-state index in [2.05, 4.69) is 14.9 Å². The molecule has 0 saturated heterocycles. The van der Waals surface area contributed by atoms with Gasteiger partial charge in [-0.1, -0.05) is 12.1 Å². The highest BCUT2D eigenvalue weighted by atomic mass is 32.2. The van der Waals surface area contributed by atoms with Gasteiger partial charge >= 0.3 is 0 Å². The molecule has 0 fully saturated rings. The van der Waals surface area contributed by atoms with E-state index in [-0.39, 0.29) is 4.90 Å². The Morgan fingerprint density at radius 2 is 2.00 bits per heavy atom. The highest BCUT2D eigenvalue weighted by molar-refractivity contribution is 7.89. The van der Waals surface area contributed by atoms with Crippen LogP contribution in [-0.2, 0) is 16.4 Å². The van der Waals surface area contributed by atoms with Crippen LogP contribution in [0.1, 0.15) is 22.5 Å². The summed E-state index contributed by atoms with van der Waals surface area (Å²) >= 11 is 0. The second-order valence-electron chi connectivity index (χ2n) is 5.21. The van der Waals surface area contributed by atoms with Gasteiger partial charge in [0.1, 0.15) is 10.6 Å². The van der Waals surface area contributed by atoms with Crippen LogP contribution in [0.15, 0.2) is 23.1 Å². The fraction of sp³-hybridized carbons (Fsp3) is 0.400. The molecule has 7 heteroatoms. The molecule has 0 atom stereocenters. The van der Waals surface area contributed by atoms with E-state index in [1.807, 2.05) is 25.1 Å². The Hall–Kier alpha value is -1.86. The van der Waals surface area contributed by atoms with Crippen molar-refractivity contribution < 1.29 is 13.2 Å². The fourth-order valence-electron chi connectivity index (χ4n) is 2.43. The quantitative estimate of drug-likeness (QED) is 0.850. The number of hydrogen-bond donors (Lipinski definition) is 2. The second-order valence-corrected chi connectivity index (χ2v) is 6.92. The molecule has 0 amide bonds. The number of sulfonamides is 1. The lowest BCUT2D eigenvalue weighted by molar-refractivity contribution is 0.411. The average Bonchev–Trinajstić information content (AvgIpc) is 2.79. The number of methoxy groups -OCH3 is 1. The second kappa shape index (κ2) is 6.50. The number of aromatic amines is 1. The number of nitrogens with one attached hydrogen (secondary N) is 2. The van der Waals surface area contributed by atoms with Crippen molar-refractivity contribution in [3.05, 3.63) is 40.7 Å². The Morgan fingerprint density at radius 1 is 1.27 bits per heavy atom. The van der Waals surface area contributed by atoms with Crippen LogP contribution in [0.4, 0.5) is 0 Å². The molecule has 2 N–H and O–H groups in total. The smallest absolute Gasteiger partial charge is 0.244 e. The van der Waals surface area contributed by atoms with Crippen molar-refractivity contribution in [2.75, 3.05) is 13.7 Å². The van der Waals surface area contributed by atoms with Gasteiger partial charge < -0.3 is 4.74 Å². The minimum Gasteiger partial charge on any atom is -0.496 e. The van der Waals surface area contributed by atoms with Crippen LogP contribution >= 0.6 is 0 Å². The first-order chi connectivity index (χ1) is 10.3. The summed E-state index contributed by atoms with van der Waals surface area (Å²) in [5.41, 5.74) is 3.11. The Bertz CT molecular complexity index is 747. The van der Waals surface area contributed by atoms with E-state index in [4.69, 9.17) is 4.74 Å². The standard InChI is InChI=1S/C15H21N3O3S/c1-10-9-13(5-6-14(10)21-4)7-8-16-22(19,20)15-11(2)17-18-12(15)3/h5-6,9,16H,7-8H2,1-4H3,(H,17,18). The summed E-state index contributed by atoms with van der Waals surface area (Å²) in [7, 11) is -1.91. The van der Waals surface area contributed by atoms with Gasteiger partial charge in [0, 0.05) is 6.54 Å². The maximum atomic E-state index is 12.3. The predicted molar refractivity (Wildman–Crippen MR) is 84.7 cm³/mol. The van der Waals surface area contributed by atoms with E-state index in [9.17, 15) is 8.42 Å². The number of rotatable bonds is 6. The van der Waals surface area contributed by atoms with Crippen molar-refractivity contribution in [3.8, 4) is 5.75 Å². The van der Waals surface area contributed by atoms with E-state index >= 15 is 0 Å². The van der Waals surface area contributed by atoms with E-state index in [1.54, 1.807) is 21.0 Å². The Labute approximate surface area is 130 Å². The molecular formula is C15H21N3O3S. The molecule has 1 heterocycles. The highest BCUT2D eigenvalue weighted by Crippen LogP contribution is 2.19. The zero-order valence-corrected chi connectivity index (χ0v) is 14.0. The van der Waals surface area contributed by atoms with E-state index < -0.39 is 10.0 Å². The molecule has 2 aromatic rings. The van der Waals surface area contributed by atoms with Gasteiger partial charge in [0.15, 0.2) is 0 Å². The fourth-order valence-corrected chi connectivity index (χ4v) is 3.83. The zero-order valence-electron chi connectivity index (χ0n) is 13.2. The average molecular weight is 323 g/mol. The van der Waals surface area contributed by atoms with Crippen LogP contribution in [0.25, 0.3) is 0 Å². The normalized spacial score (nSPS) is 11.6. The van der Waals surface area contributed by atoms with Gasteiger partial charge in [-0.3, -0.25) is 5.10 Å². The van der Waals surface area contributed by atoms with Gasteiger partial charge in [-0.25, -0.2) is 13.1 Å². The molecule has 0 aliphatic heterocycles. The van der Waals surface area contributed by atoms with Crippen LogP contribution in [-0.4, -0.2) is 32.3 Å². The summed E-state index contributed by atoms with van der Waals surface area (Å²) in [6.45, 7) is 5.66. The minimum absolute atomic E-state index is 0.235. The summed E-state index contributed by atoms with van der Waals surface area (Å²) < 4.78 is 32.4. The Morgan fingerprint density at radius 3 is 2.55 bits per heavy atom. The van der Waals surface area contributed by atoms with Crippen LogP contribution in [0, 0.1) is 20.8 Å². The van der Waals surface area contributed by atoms with Crippen molar-refractivity contribution in [3.63, 3.8) is 0 Å². The summed E-state index contributed by atoms with van der Waals surface area (Å²) in [6, 6.07) is 5.83. The number of aryl methyl sites for hydroxylation is 3. The minimum atomic E-state index is -3.54. The summed E-state index contributed by atoms with van der Waals surface area (Å²) in [4.78, 5) is 0.235. The predicted octanol–water partition coefficient (Wildman–Crippen LogP) is 1.86. The molecule has 0 unspecified atom stereocenters. The van der Waals surface area contributed by atoms with Crippen LogP contribution in [0.2, 0.25) is 0 Å². The topological polar surface area (TPSA) is 84.1 Å². The van der Waals surface area contributed by atoms with Gasteiger partial charge in [0.25, 0.3) is 0 Å². The van der Waals surface area contributed by atoms with Gasteiger partial charge in [-0.05, 0) is 44.4 Å². The Balaban J connectivity index is 2.03. The van der Waals surface area contributed by atoms with Crippen molar-refractivity contribution >= 4 is 10.0 Å². The monoisotopic (exact) mass is 323 g/mol.